The van der Waals surface area contributed by atoms with Crippen LogP contribution in [0.1, 0.15) is 11.1 Å². The van der Waals surface area contributed by atoms with Gasteiger partial charge in [0, 0.05) is 37.9 Å². The molecule has 0 aliphatic carbocycles. The van der Waals surface area contributed by atoms with Gasteiger partial charge in [0.05, 0.1) is 5.02 Å². The summed E-state index contributed by atoms with van der Waals surface area (Å²) in [6.45, 7) is 0.818. The van der Waals surface area contributed by atoms with Gasteiger partial charge in [0.2, 0.25) is 0 Å². The first-order valence-corrected chi connectivity index (χ1v) is 8.53. The second kappa shape index (κ2) is 8.97. The average Bonchev–Trinajstić information content (AvgIpc) is 2.68. The smallest absolute Gasteiger partial charge is 0.261 e. The molecule has 1 aromatic carbocycles. The molecule has 0 unspecified atom stereocenters. The molecule has 6 heteroatoms. The van der Waals surface area contributed by atoms with Crippen LogP contribution < -0.4 is 4.74 Å². The Bertz CT molecular complexity index is 802. The van der Waals surface area contributed by atoms with E-state index in [1.165, 1.54) is 0 Å². The number of carbonyl (C=O) groups excluding carboxylic acids is 1. The van der Waals surface area contributed by atoms with Crippen LogP contribution in [-0.2, 0) is 17.9 Å². The van der Waals surface area contributed by atoms with E-state index in [0.717, 1.165) is 11.1 Å². The summed E-state index contributed by atoms with van der Waals surface area (Å²) >= 11 is 6.08. The third kappa shape index (κ3) is 5.04. The summed E-state index contributed by atoms with van der Waals surface area (Å²) in [5.74, 6) is 0.360. The van der Waals surface area contributed by atoms with E-state index in [0.29, 0.717) is 23.9 Å². The van der Waals surface area contributed by atoms with Crippen molar-refractivity contribution < 1.29 is 9.53 Å². The van der Waals surface area contributed by atoms with E-state index in [2.05, 4.69) is 9.97 Å². The van der Waals surface area contributed by atoms with Gasteiger partial charge in [-0.05, 0) is 41.5 Å². The number of nitrogens with zero attached hydrogens (tertiary/aromatic N) is 3. The Balaban J connectivity index is 1.71. The second-order valence-corrected chi connectivity index (χ2v) is 6.09. The van der Waals surface area contributed by atoms with Crippen LogP contribution in [0.25, 0.3) is 0 Å². The molecule has 3 aromatic rings. The fraction of sp³-hybridized carbons (Fsp3) is 0.150. The lowest BCUT2D eigenvalue weighted by Crippen LogP contribution is -2.34. The van der Waals surface area contributed by atoms with Crippen LogP contribution in [0.4, 0.5) is 0 Å². The first-order valence-electron chi connectivity index (χ1n) is 8.15. The van der Waals surface area contributed by atoms with Gasteiger partial charge < -0.3 is 9.64 Å². The maximum absolute atomic E-state index is 12.8. The Kier molecular flexibility index (Phi) is 6.17. The van der Waals surface area contributed by atoms with Gasteiger partial charge in [0.25, 0.3) is 5.91 Å². The summed E-state index contributed by atoms with van der Waals surface area (Å²) in [5, 5.41) is 0.480. The van der Waals surface area contributed by atoms with Gasteiger partial charge >= 0.3 is 0 Å². The van der Waals surface area contributed by atoms with Crippen LogP contribution in [0, 0.1) is 0 Å². The molecule has 1 amide bonds. The maximum Gasteiger partial charge on any atom is 0.261 e. The zero-order valence-electron chi connectivity index (χ0n) is 14.1. The van der Waals surface area contributed by atoms with Gasteiger partial charge in [-0.1, -0.05) is 29.8 Å². The van der Waals surface area contributed by atoms with Crippen molar-refractivity contribution >= 4 is 17.5 Å². The molecule has 0 atom stereocenters. The minimum absolute atomic E-state index is 0.0882. The minimum Gasteiger partial charge on any atom is -0.482 e. The molecule has 0 saturated carbocycles. The molecule has 0 N–H and O–H groups in total. The highest BCUT2D eigenvalue weighted by Crippen LogP contribution is 2.23. The third-order valence-corrected chi connectivity index (χ3v) is 4.07. The molecule has 2 heterocycles. The van der Waals surface area contributed by atoms with Crippen molar-refractivity contribution in [3.8, 4) is 5.75 Å². The highest BCUT2D eigenvalue weighted by Gasteiger charge is 2.16. The molecule has 0 radical (unpaired) electrons. The second-order valence-electron chi connectivity index (χ2n) is 5.69. The Morgan fingerprint density at radius 3 is 2.42 bits per heavy atom. The summed E-state index contributed by atoms with van der Waals surface area (Å²) in [5.41, 5.74) is 1.95. The van der Waals surface area contributed by atoms with Crippen LogP contribution >= 0.6 is 11.6 Å². The number of hydrogen-bond acceptors (Lipinski definition) is 4. The number of ether oxygens (including phenoxy) is 1. The van der Waals surface area contributed by atoms with Crippen molar-refractivity contribution in [2.45, 2.75) is 13.1 Å². The van der Waals surface area contributed by atoms with Gasteiger partial charge in [0.15, 0.2) is 6.61 Å². The molecule has 132 valence electrons. The molecular weight excluding hydrogens is 350 g/mol. The summed E-state index contributed by atoms with van der Waals surface area (Å²) in [7, 11) is 0. The zero-order chi connectivity index (χ0) is 18.2. The fourth-order valence-electron chi connectivity index (χ4n) is 2.45. The van der Waals surface area contributed by atoms with Gasteiger partial charge in [0.1, 0.15) is 5.75 Å². The minimum atomic E-state index is -0.134. The fourth-order valence-corrected chi connectivity index (χ4v) is 2.64. The van der Waals surface area contributed by atoms with Crippen molar-refractivity contribution in [1.82, 2.24) is 14.9 Å². The first-order chi connectivity index (χ1) is 12.7. The van der Waals surface area contributed by atoms with Crippen LogP contribution in [0.3, 0.4) is 0 Å². The van der Waals surface area contributed by atoms with Crippen molar-refractivity contribution in [3.05, 3.63) is 89.5 Å². The monoisotopic (exact) mass is 367 g/mol. The van der Waals surface area contributed by atoms with Gasteiger partial charge in [-0.2, -0.15) is 0 Å². The summed E-state index contributed by atoms with van der Waals surface area (Å²) in [6, 6.07) is 14.7. The largest absolute Gasteiger partial charge is 0.482 e. The van der Waals surface area contributed by atoms with Gasteiger partial charge in [-0.15, -0.1) is 0 Å². The molecule has 0 spiro atoms. The Hall–Kier alpha value is -2.92. The van der Waals surface area contributed by atoms with Crippen LogP contribution in [0.2, 0.25) is 5.02 Å². The summed E-state index contributed by atoms with van der Waals surface area (Å²) in [6.07, 6.45) is 6.88. The van der Waals surface area contributed by atoms with Crippen molar-refractivity contribution in [2.75, 3.05) is 6.61 Å². The molecule has 5 nitrogen and oxygen atoms in total. The molecule has 3 rings (SSSR count). The lowest BCUT2D eigenvalue weighted by atomic mass is 10.2. The summed E-state index contributed by atoms with van der Waals surface area (Å²) in [4.78, 5) is 22.6. The number of benzene rings is 1. The Labute approximate surface area is 157 Å². The van der Waals surface area contributed by atoms with Crippen LogP contribution in [0.5, 0.6) is 5.75 Å². The number of para-hydroxylation sites is 1. The number of hydrogen-bond donors (Lipinski definition) is 0. The van der Waals surface area contributed by atoms with Crippen molar-refractivity contribution in [2.24, 2.45) is 0 Å². The zero-order valence-corrected chi connectivity index (χ0v) is 14.8. The predicted octanol–water partition coefficient (Wildman–Crippen LogP) is 3.74. The number of pyridine rings is 2. The van der Waals surface area contributed by atoms with E-state index < -0.39 is 0 Å². The number of amides is 1. The third-order valence-electron chi connectivity index (χ3n) is 3.76. The maximum atomic E-state index is 12.8. The molecule has 0 saturated heterocycles. The quantitative estimate of drug-likeness (QED) is 0.638. The first kappa shape index (κ1) is 17.9. The van der Waals surface area contributed by atoms with Crippen molar-refractivity contribution in [3.63, 3.8) is 0 Å². The van der Waals surface area contributed by atoms with E-state index in [1.54, 1.807) is 41.8 Å². The normalized spacial score (nSPS) is 10.3. The van der Waals surface area contributed by atoms with E-state index in [-0.39, 0.29) is 12.5 Å². The highest BCUT2D eigenvalue weighted by molar-refractivity contribution is 6.32. The van der Waals surface area contributed by atoms with Gasteiger partial charge in [-0.25, -0.2) is 0 Å². The van der Waals surface area contributed by atoms with E-state index in [1.807, 2.05) is 36.4 Å². The number of carbonyl (C=O) groups is 1. The molecule has 2 aromatic heterocycles. The highest BCUT2D eigenvalue weighted by atomic mass is 35.5. The molecular formula is C20H18ClN3O2. The van der Waals surface area contributed by atoms with Crippen LogP contribution in [-0.4, -0.2) is 27.4 Å². The van der Waals surface area contributed by atoms with E-state index in [9.17, 15) is 4.79 Å². The number of aromatic nitrogens is 2. The van der Waals surface area contributed by atoms with Crippen LogP contribution in [0.15, 0.2) is 73.3 Å². The van der Waals surface area contributed by atoms with E-state index in [4.69, 9.17) is 16.3 Å². The topological polar surface area (TPSA) is 55.3 Å². The number of rotatable bonds is 7. The Morgan fingerprint density at radius 1 is 0.923 bits per heavy atom. The lowest BCUT2D eigenvalue weighted by molar-refractivity contribution is -0.134. The molecule has 0 bridgehead atoms. The van der Waals surface area contributed by atoms with E-state index >= 15 is 0 Å². The Morgan fingerprint density at radius 2 is 1.69 bits per heavy atom. The SMILES string of the molecule is O=C(COc1ccccc1Cl)N(Cc1ccncc1)Cc1cccnc1. The van der Waals surface area contributed by atoms with Gasteiger partial charge in [-0.3, -0.25) is 14.8 Å². The molecule has 0 aliphatic heterocycles. The standard InChI is InChI=1S/C20H18ClN3O2/c21-18-5-1-2-6-19(18)26-15-20(25)24(13-16-7-10-22-11-8-16)14-17-4-3-9-23-12-17/h1-12H,13-15H2. The van der Waals surface area contributed by atoms with Crippen molar-refractivity contribution in [1.29, 1.82) is 0 Å². The molecule has 0 aliphatic rings. The number of halogens is 1. The average molecular weight is 368 g/mol. The molecule has 26 heavy (non-hydrogen) atoms. The predicted molar refractivity (Wildman–Crippen MR) is 99.7 cm³/mol. The lowest BCUT2D eigenvalue weighted by Gasteiger charge is -2.23. The molecule has 0 fully saturated rings. The summed E-state index contributed by atoms with van der Waals surface area (Å²) < 4.78 is 5.60.